The van der Waals surface area contributed by atoms with Gasteiger partial charge in [-0.25, -0.2) is 0 Å². The van der Waals surface area contributed by atoms with E-state index in [1.807, 2.05) is 0 Å². The van der Waals surface area contributed by atoms with E-state index in [1.54, 1.807) is 46.8 Å². The molecule has 0 spiro atoms. The summed E-state index contributed by atoms with van der Waals surface area (Å²) in [5.41, 5.74) is -1.86. The van der Waals surface area contributed by atoms with Crippen LogP contribution in [0.2, 0.25) is 0 Å². The van der Waals surface area contributed by atoms with Crippen LogP contribution >= 0.6 is 0 Å². The van der Waals surface area contributed by atoms with Crippen molar-refractivity contribution in [1.82, 2.24) is 10.6 Å². The molecule has 6 nitrogen and oxygen atoms in total. The molecule has 0 aliphatic rings. The molecule has 6 heteroatoms. The molecule has 1 aromatic heterocycles. The molecule has 1 aromatic rings. The molecule has 0 radical (unpaired) electrons. The van der Waals surface area contributed by atoms with Crippen LogP contribution in [0.25, 0.3) is 0 Å². The first kappa shape index (κ1) is 17.2. The van der Waals surface area contributed by atoms with E-state index in [9.17, 15) is 14.7 Å². The van der Waals surface area contributed by atoms with E-state index in [1.165, 1.54) is 6.26 Å². The number of carbonyl (C=O) groups is 2. The summed E-state index contributed by atoms with van der Waals surface area (Å²) < 4.78 is 5.13. The molecule has 118 valence electrons. The summed E-state index contributed by atoms with van der Waals surface area (Å²) in [5, 5.41) is 15.5. The van der Waals surface area contributed by atoms with Gasteiger partial charge in [0.05, 0.1) is 12.8 Å². The average Bonchev–Trinajstić information content (AvgIpc) is 2.89. The summed E-state index contributed by atoms with van der Waals surface area (Å²) in [6, 6.07) is 2.62. The third kappa shape index (κ3) is 4.90. The third-order valence-electron chi connectivity index (χ3n) is 3.08. The van der Waals surface area contributed by atoms with Crippen LogP contribution in [-0.4, -0.2) is 29.5 Å². The van der Waals surface area contributed by atoms with E-state index in [0.717, 1.165) is 0 Å². The summed E-state index contributed by atoms with van der Waals surface area (Å²) >= 11 is 0. The molecule has 3 N–H and O–H groups in total. The highest BCUT2D eigenvalue weighted by Crippen LogP contribution is 2.19. The number of carbonyl (C=O) groups excluding carboxylic acids is 2. The molecule has 0 aromatic carbocycles. The minimum absolute atomic E-state index is 0.00489. The van der Waals surface area contributed by atoms with Crippen LogP contribution in [0.1, 0.15) is 40.4 Å². The van der Waals surface area contributed by atoms with Gasteiger partial charge in [-0.1, -0.05) is 20.8 Å². The first-order valence-electron chi connectivity index (χ1n) is 6.89. The van der Waals surface area contributed by atoms with Crippen LogP contribution < -0.4 is 10.6 Å². The number of rotatable bonds is 5. The molecule has 1 heterocycles. The molecule has 21 heavy (non-hydrogen) atoms. The average molecular weight is 296 g/mol. The van der Waals surface area contributed by atoms with Crippen molar-refractivity contribution in [2.24, 2.45) is 5.41 Å². The van der Waals surface area contributed by atoms with Gasteiger partial charge < -0.3 is 20.2 Å². The van der Waals surface area contributed by atoms with Crippen molar-refractivity contribution in [2.45, 2.75) is 46.3 Å². The number of furan rings is 1. The Bertz CT molecular complexity index is 486. The zero-order chi connectivity index (χ0) is 16.3. The minimum Gasteiger partial charge on any atom is -0.466 e. The molecule has 0 fully saturated rings. The van der Waals surface area contributed by atoms with Gasteiger partial charge in [0.25, 0.3) is 0 Å². The van der Waals surface area contributed by atoms with E-state index in [-0.39, 0.29) is 18.4 Å². The predicted octanol–water partition coefficient (Wildman–Crippen LogP) is 1.15. The number of hydrogen-bond acceptors (Lipinski definition) is 4. The molecule has 0 aliphatic carbocycles. The second-order valence-corrected chi connectivity index (χ2v) is 6.41. The quantitative estimate of drug-likeness (QED) is 0.760. The fourth-order valence-corrected chi connectivity index (χ4v) is 1.56. The summed E-state index contributed by atoms with van der Waals surface area (Å²) in [4.78, 5) is 23.8. The van der Waals surface area contributed by atoms with Crippen LogP contribution in [0, 0.1) is 5.41 Å². The van der Waals surface area contributed by atoms with Crippen LogP contribution in [0.15, 0.2) is 22.8 Å². The molecular weight excluding hydrogens is 272 g/mol. The molecule has 2 atom stereocenters. The van der Waals surface area contributed by atoms with Gasteiger partial charge in [-0.3, -0.25) is 9.59 Å². The Morgan fingerprint density at radius 2 is 1.95 bits per heavy atom. The topological polar surface area (TPSA) is 91.6 Å². The molecule has 2 unspecified atom stereocenters. The van der Waals surface area contributed by atoms with Crippen LogP contribution in [0.3, 0.4) is 0 Å². The van der Waals surface area contributed by atoms with Gasteiger partial charge in [0.1, 0.15) is 17.4 Å². The molecule has 1 rings (SSSR count). The Morgan fingerprint density at radius 3 is 2.43 bits per heavy atom. The molecule has 0 saturated heterocycles. The van der Waals surface area contributed by atoms with Crippen molar-refractivity contribution in [3.8, 4) is 0 Å². The third-order valence-corrected chi connectivity index (χ3v) is 3.08. The Hall–Kier alpha value is -1.82. The monoisotopic (exact) mass is 296 g/mol. The highest BCUT2D eigenvalue weighted by molar-refractivity contribution is 5.89. The predicted molar refractivity (Wildman–Crippen MR) is 78.3 cm³/mol. The number of nitrogens with one attached hydrogen (secondary N) is 2. The molecular formula is C15H24N2O4. The molecule has 2 amide bonds. The van der Waals surface area contributed by atoms with E-state index >= 15 is 0 Å². The summed E-state index contributed by atoms with van der Waals surface area (Å²) in [5.74, 6) is -0.198. The Kier molecular flexibility index (Phi) is 5.17. The smallest absolute Gasteiger partial charge is 0.242 e. The lowest BCUT2D eigenvalue weighted by atomic mass is 9.95. The molecule has 0 aliphatic heterocycles. The van der Waals surface area contributed by atoms with E-state index in [4.69, 9.17) is 4.42 Å². The van der Waals surface area contributed by atoms with Gasteiger partial charge in [0, 0.05) is 5.41 Å². The van der Waals surface area contributed by atoms with E-state index in [0.29, 0.717) is 5.76 Å². The van der Waals surface area contributed by atoms with Crippen LogP contribution in [0.5, 0.6) is 0 Å². The first-order valence-corrected chi connectivity index (χ1v) is 6.89. The van der Waals surface area contributed by atoms with Crippen molar-refractivity contribution < 1.29 is 19.1 Å². The zero-order valence-corrected chi connectivity index (χ0v) is 13.2. The van der Waals surface area contributed by atoms with Gasteiger partial charge in [-0.2, -0.15) is 0 Å². The summed E-state index contributed by atoms with van der Waals surface area (Å²) in [6.07, 6.45) is 1.46. The maximum atomic E-state index is 12.0. The van der Waals surface area contributed by atoms with Crippen molar-refractivity contribution in [3.05, 3.63) is 24.2 Å². The fourth-order valence-electron chi connectivity index (χ4n) is 1.56. The van der Waals surface area contributed by atoms with Crippen molar-refractivity contribution >= 4 is 11.8 Å². The SMILES string of the molecule is CC(NC(=O)C(C)(C)C)C(=O)NCC(C)(O)c1ccco1. The maximum absolute atomic E-state index is 12.0. The number of amides is 2. The zero-order valence-electron chi connectivity index (χ0n) is 13.2. The van der Waals surface area contributed by atoms with Gasteiger partial charge in [0.15, 0.2) is 0 Å². The molecule has 0 bridgehead atoms. The second kappa shape index (κ2) is 6.30. The van der Waals surface area contributed by atoms with Crippen LogP contribution in [-0.2, 0) is 15.2 Å². The highest BCUT2D eigenvalue weighted by Gasteiger charge is 2.29. The lowest BCUT2D eigenvalue weighted by Gasteiger charge is -2.24. The first-order chi connectivity index (χ1) is 9.54. The van der Waals surface area contributed by atoms with Gasteiger partial charge >= 0.3 is 0 Å². The molecule has 0 saturated carbocycles. The van der Waals surface area contributed by atoms with Crippen molar-refractivity contribution in [3.63, 3.8) is 0 Å². The van der Waals surface area contributed by atoms with Crippen LogP contribution in [0.4, 0.5) is 0 Å². The summed E-state index contributed by atoms with van der Waals surface area (Å²) in [6.45, 7) is 8.46. The van der Waals surface area contributed by atoms with Crippen molar-refractivity contribution in [1.29, 1.82) is 0 Å². The Labute approximate surface area is 124 Å². The van der Waals surface area contributed by atoms with Gasteiger partial charge in [-0.15, -0.1) is 0 Å². The Balaban J connectivity index is 2.52. The van der Waals surface area contributed by atoms with Gasteiger partial charge in [0.2, 0.25) is 11.8 Å². The maximum Gasteiger partial charge on any atom is 0.242 e. The van der Waals surface area contributed by atoms with E-state index < -0.39 is 17.1 Å². The normalized spacial score (nSPS) is 15.9. The largest absolute Gasteiger partial charge is 0.466 e. The van der Waals surface area contributed by atoms with E-state index in [2.05, 4.69) is 10.6 Å². The minimum atomic E-state index is -1.30. The van der Waals surface area contributed by atoms with Crippen molar-refractivity contribution in [2.75, 3.05) is 6.54 Å². The Morgan fingerprint density at radius 1 is 1.33 bits per heavy atom. The van der Waals surface area contributed by atoms with Gasteiger partial charge in [-0.05, 0) is 26.0 Å². The number of aliphatic hydroxyl groups is 1. The lowest BCUT2D eigenvalue weighted by Crippen LogP contribution is -2.50. The highest BCUT2D eigenvalue weighted by atomic mass is 16.4. The summed E-state index contributed by atoms with van der Waals surface area (Å²) in [7, 11) is 0. The second-order valence-electron chi connectivity index (χ2n) is 6.41. The number of hydrogen-bond donors (Lipinski definition) is 3. The fraction of sp³-hybridized carbons (Fsp3) is 0.600. The lowest BCUT2D eigenvalue weighted by molar-refractivity contribution is -0.133. The standard InChI is InChI=1S/C15H24N2O4/c1-10(17-13(19)14(2,3)4)12(18)16-9-15(5,20)11-7-6-8-21-11/h6-8,10,20H,9H2,1-5H3,(H,16,18)(H,17,19).